The first kappa shape index (κ1) is 14.4. The van der Waals surface area contributed by atoms with E-state index in [1.165, 1.54) is 19.2 Å². The fourth-order valence-electron chi connectivity index (χ4n) is 1.89. The Morgan fingerprint density at radius 2 is 2.00 bits per heavy atom. The molecule has 2 rings (SSSR count). The van der Waals surface area contributed by atoms with Gasteiger partial charge in [-0.2, -0.15) is 0 Å². The molecule has 0 N–H and O–H groups in total. The number of methoxy groups -OCH3 is 1. The lowest BCUT2D eigenvalue weighted by atomic mass is 9.96. The summed E-state index contributed by atoms with van der Waals surface area (Å²) >= 11 is 0. The van der Waals surface area contributed by atoms with Crippen molar-refractivity contribution in [2.24, 2.45) is 0 Å². The highest BCUT2D eigenvalue weighted by Crippen LogP contribution is 2.33. The van der Waals surface area contributed by atoms with Crippen LogP contribution in [-0.2, 0) is 9.53 Å². The van der Waals surface area contributed by atoms with E-state index in [0.717, 1.165) is 19.3 Å². The minimum atomic E-state index is -0.854. The van der Waals surface area contributed by atoms with Gasteiger partial charge < -0.3 is 14.2 Å². The second-order valence-electron chi connectivity index (χ2n) is 4.59. The molecular formula is C15H18O5. The van der Waals surface area contributed by atoms with Crippen molar-refractivity contribution in [1.82, 2.24) is 0 Å². The summed E-state index contributed by atoms with van der Waals surface area (Å²) in [4.78, 5) is 23.3. The maximum atomic E-state index is 11.9. The van der Waals surface area contributed by atoms with Gasteiger partial charge in [0.15, 0.2) is 11.5 Å². The Morgan fingerprint density at radius 1 is 1.25 bits per heavy atom. The number of hydrogen-bond acceptors (Lipinski definition) is 5. The van der Waals surface area contributed by atoms with Gasteiger partial charge in [-0.3, -0.25) is 4.79 Å². The Labute approximate surface area is 117 Å². The van der Waals surface area contributed by atoms with E-state index in [1.54, 1.807) is 13.0 Å². The highest BCUT2D eigenvalue weighted by atomic mass is 16.5. The minimum absolute atomic E-state index is 0.164. The Balaban J connectivity index is 2.19. The average molecular weight is 278 g/mol. The number of esters is 1. The van der Waals surface area contributed by atoms with Gasteiger partial charge in [-0.25, -0.2) is 4.79 Å². The van der Waals surface area contributed by atoms with Gasteiger partial charge in [-0.1, -0.05) is 0 Å². The molecule has 108 valence electrons. The molecule has 0 unspecified atom stereocenters. The maximum Gasteiger partial charge on any atom is 0.379 e. The van der Waals surface area contributed by atoms with Crippen molar-refractivity contribution in [3.8, 4) is 11.5 Å². The van der Waals surface area contributed by atoms with Crippen LogP contribution in [0.1, 0.15) is 36.5 Å². The third kappa shape index (κ3) is 3.10. The molecule has 5 nitrogen and oxygen atoms in total. The first-order valence-electron chi connectivity index (χ1n) is 6.71. The van der Waals surface area contributed by atoms with Crippen LogP contribution in [0, 0.1) is 0 Å². The summed E-state index contributed by atoms with van der Waals surface area (Å²) in [5.41, 5.74) is 0.249. The normalized spacial score (nSPS) is 14.3. The third-order valence-corrected chi connectivity index (χ3v) is 3.23. The number of ether oxygens (including phenoxy) is 3. The number of carbonyl (C=O) groups is 2. The Morgan fingerprint density at radius 3 is 2.55 bits per heavy atom. The quantitative estimate of drug-likeness (QED) is 0.454. The standard InChI is InChI=1S/C15H18O5/c1-3-19-15(17)14(16)10-7-8-12(18-2)13(9-10)20-11-5-4-6-11/h7-9,11H,3-6H2,1-2H3. The smallest absolute Gasteiger partial charge is 0.379 e. The average Bonchev–Trinajstić information content (AvgIpc) is 2.42. The van der Waals surface area contributed by atoms with Crippen LogP contribution in [0.5, 0.6) is 11.5 Å². The molecule has 0 radical (unpaired) electrons. The number of hydrogen-bond donors (Lipinski definition) is 0. The van der Waals surface area contributed by atoms with E-state index >= 15 is 0 Å². The lowest BCUT2D eigenvalue weighted by Gasteiger charge is -2.27. The topological polar surface area (TPSA) is 61.8 Å². The zero-order valence-corrected chi connectivity index (χ0v) is 11.7. The van der Waals surface area contributed by atoms with Gasteiger partial charge in [0.25, 0.3) is 5.78 Å². The molecule has 1 aromatic rings. The van der Waals surface area contributed by atoms with Crippen molar-refractivity contribution in [2.45, 2.75) is 32.3 Å². The van der Waals surface area contributed by atoms with Gasteiger partial charge in [0.2, 0.25) is 0 Å². The largest absolute Gasteiger partial charge is 0.493 e. The molecule has 0 saturated heterocycles. The van der Waals surface area contributed by atoms with Crippen molar-refractivity contribution < 1.29 is 23.8 Å². The van der Waals surface area contributed by atoms with Crippen molar-refractivity contribution in [2.75, 3.05) is 13.7 Å². The summed E-state index contributed by atoms with van der Waals surface area (Å²) < 4.78 is 15.7. The Kier molecular flexibility index (Phi) is 4.61. The molecule has 0 aromatic heterocycles. The maximum absolute atomic E-state index is 11.9. The predicted molar refractivity (Wildman–Crippen MR) is 72.2 cm³/mol. The second-order valence-corrected chi connectivity index (χ2v) is 4.59. The molecule has 1 aromatic carbocycles. The Bertz CT molecular complexity index is 505. The van der Waals surface area contributed by atoms with E-state index < -0.39 is 11.8 Å². The van der Waals surface area contributed by atoms with Crippen LogP contribution in [0.4, 0.5) is 0 Å². The van der Waals surface area contributed by atoms with E-state index in [1.807, 2.05) is 0 Å². The van der Waals surface area contributed by atoms with E-state index in [2.05, 4.69) is 0 Å². The molecule has 1 aliphatic carbocycles. The lowest BCUT2D eigenvalue weighted by molar-refractivity contribution is -0.137. The molecule has 0 aliphatic heterocycles. The highest BCUT2D eigenvalue weighted by molar-refractivity contribution is 6.40. The van der Waals surface area contributed by atoms with E-state index in [9.17, 15) is 9.59 Å². The van der Waals surface area contributed by atoms with Crippen molar-refractivity contribution in [3.63, 3.8) is 0 Å². The van der Waals surface area contributed by atoms with Gasteiger partial charge in [0.1, 0.15) is 0 Å². The third-order valence-electron chi connectivity index (χ3n) is 3.23. The van der Waals surface area contributed by atoms with Crippen LogP contribution in [-0.4, -0.2) is 31.6 Å². The first-order valence-corrected chi connectivity index (χ1v) is 6.71. The SMILES string of the molecule is CCOC(=O)C(=O)c1ccc(OC)c(OC2CCC2)c1. The molecule has 0 amide bonds. The van der Waals surface area contributed by atoms with Crippen molar-refractivity contribution in [1.29, 1.82) is 0 Å². The summed E-state index contributed by atoms with van der Waals surface area (Å²) in [7, 11) is 1.54. The van der Waals surface area contributed by atoms with Crippen LogP contribution < -0.4 is 9.47 Å². The second kappa shape index (κ2) is 6.41. The first-order chi connectivity index (χ1) is 9.65. The molecule has 20 heavy (non-hydrogen) atoms. The summed E-state index contributed by atoms with van der Waals surface area (Å²) in [6.07, 6.45) is 3.31. The number of benzene rings is 1. The van der Waals surface area contributed by atoms with Crippen LogP contribution in [0.3, 0.4) is 0 Å². The Hall–Kier alpha value is -2.04. The number of ketones is 1. The van der Waals surface area contributed by atoms with Gasteiger partial charge in [-0.15, -0.1) is 0 Å². The summed E-state index contributed by atoms with van der Waals surface area (Å²) in [6.45, 7) is 1.83. The molecule has 0 heterocycles. The molecule has 0 spiro atoms. The molecule has 1 fully saturated rings. The van der Waals surface area contributed by atoms with Crippen molar-refractivity contribution in [3.05, 3.63) is 23.8 Å². The zero-order chi connectivity index (χ0) is 14.5. The molecule has 0 bridgehead atoms. The lowest BCUT2D eigenvalue weighted by Crippen LogP contribution is -2.25. The highest BCUT2D eigenvalue weighted by Gasteiger charge is 2.23. The molecular weight excluding hydrogens is 260 g/mol. The van der Waals surface area contributed by atoms with Crippen molar-refractivity contribution >= 4 is 11.8 Å². The summed E-state index contributed by atoms with van der Waals surface area (Å²) in [6, 6.07) is 4.70. The number of Topliss-reactive ketones (excluding diaryl/α,β-unsaturated/α-hetero) is 1. The van der Waals surface area contributed by atoms with Gasteiger partial charge in [-0.05, 0) is 44.4 Å². The summed E-state index contributed by atoms with van der Waals surface area (Å²) in [5.74, 6) is -0.482. The van der Waals surface area contributed by atoms with E-state index in [0.29, 0.717) is 11.5 Å². The molecule has 0 atom stereocenters. The molecule has 1 aliphatic rings. The van der Waals surface area contributed by atoms with Crippen LogP contribution >= 0.6 is 0 Å². The van der Waals surface area contributed by atoms with Gasteiger partial charge in [0.05, 0.1) is 19.8 Å². The monoisotopic (exact) mass is 278 g/mol. The fourth-order valence-corrected chi connectivity index (χ4v) is 1.89. The van der Waals surface area contributed by atoms with E-state index in [4.69, 9.17) is 14.2 Å². The van der Waals surface area contributed by atoms with Gasteiger partial charge >= 0.3 is 5.97 Å². The number of rotatable bonds is 6. The van der Waals surface area contributed by atoms with Crippen LogP contribution in [0.15, 0.2) is 18.2 Å². The van der Waals surface area contributed by atoms with E-state index in [-0.39, 0.29) is 18.3 Å². The van der Waals surface area contributed by atoms with Gasteiger partial charge in [0, 0.05) is 5.56 Å². The van der Waals surface area contributed by atoms with Crippen LogP contribution in [0.2, 0.25) is 0 Å². The zero-order valence-electron chi connectivity index (χ0n) is 11.7. The minimum Gasteiger partial charge on any atom is -0.493 e. The fraction of sp³-hybridized carbons (Fsp3) is 0.467. The number of carbonyl (C=O) groups excluding carboxylic acids is 2. The predicted octanol–water partition coefficient (Wildman–Crippen LogP) is 2.37. The summed E-state index contributed by atoms with van der Waals surface area (Å²) in [5, 5.41) is 0. The van der Waals surface area contributed by atoms with Crippen LogP contribution in [0.25, 0.3) is 0 Å². The molecule has 5 heteroatoms. The molecule has 1 saturated carbocycles.